The lowest BCUT2D eigenvalue weighted by molar-refractivity contribution is -0.136. The van der Waals surface area contributed by atoms with E-state index in [1.54, 1.807) is 23.9 Å². The van der Waals surface area contributed by atoms with Crippen LogP contribution in [0.3, 0.4) is 0 Å². The molecule has 0 spiro atoms. The third kappa shape index (κ3) is 2.73. The molecule has 4 heteroatoms. The fourth-order valence-electron chi connectivity index (χ4n) is 1.04. The van der Waals surface area contributed by atoms with Gasteiger partial charge in [-0.25, -0.2) is 4.79 Å². The van der Waals surface area contributed by atoms with Gasteiger partial charge in [-0.2, -0.15) is 5.10 Å². The molecule has 76 valence electrons. The molecule has 1 aromatic rings. The molecule has 1 aromatic heterocycles. The van der Waals surface area contributed by atoms with E-state index in [2.05, 4.69) is 9.84 Å². The van der Waals surface area contributed by atoms with Crippen LogP contribution in [0.4, 0.5) is 0 Å². The highest BCUT2D eigenvalue weighted by molar-refractivity contribution is 5.87. The molecule has 0 aliphatic rings. The summed E-state index contributed by atoms with van der Waals surface area (Å²) in [7, 11) is 1.37. The number of ether oxygens (including phenoxy) is 1. The first-order valence-electron chi connectivity index (χ1n) is 4.37. The largest absolute Gasteiger partial charge is 0.466 e. The Labute approximate surface area is 83.2 Å². The molecule has 0 aliphatic carbocycles. The molecular weight excluding hydrogens is 180 g/mol. The topological polar surface area (TPSA) is 44.1 Å². The van der Waals surface area contributed by atoms with Crippen LogP contribution in [0.5, 0.6) is 0 Å². The molecule has 1 rings (SSSR count). The van der Waals surface area contributed by atoms with Gasteiger partial charge in [0.1, 0.15) is 0 Å². The highest BCUT2D eigenvalue weighted by Crippen LogP contribution is 1.99. The zero-order valence-corrected chi connectivity index (χ0v) is 8.65. The van der Waals surface area contributed by atoms with Crippen LogP contribution < -0.4 is 0 Å². The highest BCUT2D eigenvalue weighted by atomic mass is 16.5. The minimum Gasteiger partial charge on any atom is -0.466 e. The second-order valence-corrected chi connectivity index (χ2v) is 3.12. The van der Waals surface area contributed by atoms with Gasteiger partial charge in [-0.05, 0) is 19.4 Å². The van der Waals surface area contributed by atoms with Crippen LogP contribution in [0.15, 0.2) is 24.0 Å². The fourth-order valence-corrected chi connectivity index (χ4v) is 1.04. The van der Waals surface area contributed by atoms with Crippen molar-refractivity contribution in [3.63, 3.8) is 0 Å². The molecule has 0 saturated carbocycles. The van der Waals surface area contributed by atoms with Crippen molar-refractivity contribution in [1.29, 1.82) is 0 Å². The van der Waals surface area contributed by atoms with Crippen molar-refractivity contribution >= 4 is 5.97 Å². The van der Waals surface area contributed by atoms with Crippen LogP contribution in [0.1, 0.15) is 12.5 Å². The third-order valence-electron chi connectivity index (χ3n) is 1.85. The number of aromatic nitrogens is 2. The summed E-state index contributed by atoms with van der Waals surface area (Å²) in [6.45, 7) is 4.29. The van der Waals surface area contributed by atoms with Gasteiger partial charge in [0.05, 0.1) is 19.9 Å². The second-order valence-electron chi connectivity index (χ2n) is 3.12. The molecule has 0 amide bonds. The van der Waals surface area contributed by atoms with Crippen LogP contribution in [-0.2, 0) is 16.1 Å². The van der Waals surface area contributed by atoms with Crippen molar-refractivity contribution in [2.45, 2.75) is 20.4 Å². The van der Waals surface area contributed by atoms with E-state index in [0.29, 0.717) is 12.1 Å². The van der Waals surface area contributed by atoms with E-state index in [0.717, 1.165) is 5.56 Å². The minimum absolute atomic E-state index is 0.297. The van der Waals surface area contributed by atoms with Gasteiger partial charge in [-0.15, -0.1) is 0 Å². The lowest BCUT2D eigenvalue weighted by Gasteiger charge is -1.99. The predicted octanol–water partition coefficient (Wildman–Crippen LogP) is 1.31. The maximum atomic E-state index is 11.0. The SMILES string of the molecule is COC(=O)C(C)=CCn1cc(C)cn1. The minimum atomic E-state index is -0.297. The number of esters is 1. The summed E-state index contributed by atoms with van der Waals surface area (Å²) >= 11 is 0. The second kappa shape index (κ2) is 4.60. The number of methoxy groups -OCH3 is 1. The number of carbonyl (C=O) groups excluding carboxylic acids is 1. The Morgan fingerprint density at radius 2 is 2.43 bits per heavy atom. The first-order valence-corrected chi connectivity index (χ1v) is 4.37. The predicted molar refractivity (Wildman–Crippen MR) is 52.7 cm³/mol. The number of aryl methyl sites for hydroxylation is 1. The average molecular weight is 194 g/mol. The zero-order valence-electron chi connectivity index (χ0n) is 8.65. The lowest BCUT2D eigenvalue weighted by Crippen LogP contribution is -2.03. The summed E-state index contributed by atoms with van der Waals surface area (Å²) in [6.07, 6.45) is 5.49. The summed E-state index contributed by atoms with van der Waals surface area (Å²) in [5.74, 6) is -0.297. The standard InChI is InChI=1S/C10H14N2O2/c1-8-6-11-12(7-8)5-4-9(2)10(13)14-3/h4,6-7H,5H2,1-3H3. The maximum absolute atomic E-state index is 11.0. The van der Waals surface area contributed by atoms with Gasteiger partial charge in [-0.1, -0.05) is 6.08 Å². The van der Waals surface area contributed by atoms with Gasteiger partial charge < -0.3 is 4.74 Å². The van der Waals surface area contributed by atoms with Crippen molar-refractivity contribution in [1.82, 2.24) is 9.78 Å². The monoisotopic (exact) mass is 194 g/mol. The Kier molecular flexibility index (Phi) is 3.45. The molecule has 0 bridgehead atoms. The summed E-state index contributed by atoms with van der Waals surface area (Å²) in [5.41, 5.74) is 1.70. The van der Waals surface area contributed by atoms with Crippen molar-refractivity contribution in [3.8, 4) is 0 Å². The molecule has 4 nitrogen and oxygen atoms in total. The van der Waals surface area contributed by atoms with Gasteiger partial charge in [0.15, 0.2) is 0 Å². The van der Waals surface area contributed by atoms with Crippen LogP contribution >= 0.6 is 0 Å². The van der Waals surface area contributed by atoms with Gasteiger partial charge in [-0.3, -0.25) is 4.68 Å². The van der Waals surface area contributed by atoms with Crippen LogP contribution in [-0.4, -0.2) is 22.9 Å². The van der Waals surface area contributed by atoms with E-state index < -0.39 is 0 Å². The molecule has 0 fully saturated rings. The smallest absolute Gasteiger partial charge is 0.333 e. The Hall–Kier alpha value is -1.58. The van der Waals surface area contributed by atoms with E-state index in [9.17, 15) is 4.79 Å². The van der Waals surface area contributed by atoms with Crippen molar-refractivity contribution in [2.75, 3.05) is 7.11 Å². The fraction of sp³-hybridized carbons (Fsp3) is 0.400. The van der Waals surface area contributed by atoms with Gasteiger partial charge in [0.25, 0.3) is 0 Å². The number of nitrogens with zero attached hydrogens (tertiary/aromatic N) is 2. The molecule has 0 radical (unpaired) electrons. The van der Waals surface area contributed by atoms with Crippen molar-refractivity contribution < 1.29 is 9.53 Å². The van der Waals surface area contributed by atoms with Gasteiger partial charge in [0.2, 0.25) is 0 Å². The Morgan fingerprint density at radius 3 is 2.93 bits per heavy atom. The molecular formula is C10H14N2O2. The number of hydrogen-bond donors (Lipinski definition) is 0. The normalized spacial score (nSPS) is 11.5. The third-order valence-corrected chi connectivity index (χ3v) is 1.85. The van der Waals surface area contributed by atoms with Crippen LogP contribution in [0.25, 0.3) is 0 Å². The van der Waals surface area contributed by atoms with E-state index in [1.807, 2.05) is 13.1 Å². The molecule has 0 N–H and O–H groups in total. The van der Waals surface area contributed by atoms with E-state index in [4.69, 9.17) is 0 Å². The Balaban J connectivity index is 2.58. The molecule has 0 aromatic carbocycles. The van der Waals surface area contributed by atoms with Crippen molar-refractivity contribution in [3.05, 3.63) is 29.6 Å². The van der Waals surface area contributed by atoms with E-state index in [1.165, 1.54) is 7.11 Å². The summed E-state index contributed by atoms with van der Waals surface area (Å²) < 4.78 is 6.33. The Morgan fingerprint density at radius 1 is 1.71 bits per heavy atom. The number of rotatable bonds is 3. The highest BCUT2D eigenvalue weighted by Gasteiger charge is 2.01. The number of hydrogen-bond acceptors (Lipinski definition) is 3. The lowest BCUT2D eigenvalue weighted by atomic mass is 10.3. The molecule has 0 unspecified atom stereocenters. The molecule has 0 aliphatic heterocycles. The van der Waals surface area contributed by atoms with Crippen LogP contribution in [0, 0.1) is 6.92 Å². The molecule has 1 heterocycles. The molecule has 14 heavy (non-hydrogen) atoms. The first kappa shape index (κ1) is 10.5. The summed E-state index contributed by atoms with van der Waals surface area (Å²) in [5, 5.41) is 4.09. The summed E-state index contributed by atoms with van der Waals surface area (Å²) in [4.78, 5) is 11.0. The quantitative estimate of drug-likeness (QED) is 0.538. The molecule has 0 atom stereocenters. The number of allylic oxidation sites excluding steroid dienone is 1. The zero-order chi connectivity index (χ0) is 10.6. The Bertz CT molecular complexity index is 353. The van der Waals surface area contributed by atoms with Gasteiger partial charge in [0, 0.05) is 11.8 Å². The van der Waals surface area contributed by atoms with E-state index >= 15 is 0 Å². The average Bonchev–Trinajstić information content (AvgIpc) is 2.59. The first-order chi connectivity index (χ1) is 6.63. The number of carbonyl (C=O) groups is 1. The maximum Gasteiger partial charge on any atom is 0.333 e. The van der Waals surface area contributed by atoms with Gasteiger partial charge >= 0.3 is 5.97 Å². The van der Waals surface area contributed by atoms with Crippen LogP contribution in [0.2, 0.25) is 0 Å². The van der Waals surface area contributed by atoms with Crippen molar-refractivity contribution in [2.24, 2.45) is 0 Å². The molecule has 0 saturated heterocycles. The van der Waals surface area contributed by atoms with E-state index in [-0.39, 0.29) is 5.97 Å². The summed E-state index contributed by atoms with van der Waals surface area (Å²) in [6, 6.07) is 0.